The Kier molecular flexibility index (Phi) is 3.81. The fraction of sp³-hybridized carbons (Fsp3) is 0.529. The van der Waals surface area contributed by atoms with Crippen LogP contribution in [0.3, 0.4) is 0 Å². The molecule has 0 unspecified atom stereocenters. The zero-order chi connectivity index (χ0) is 15.6. The first kappa shape index (κ1) is 14.4. The summed E-state index contributed by atoms with van der Waals surface area (Å²) in [7, 11) is 0. The molecule has 0 N–H and O–H groups in total. The van der Waals surface area contributed by atoms with Gasteiger partial charge in [0, 0.05) is 43.9 Å². The van der Waals surface area contributed by atoms with Gasteiger partial charge >= 0.3 is 0 Å². The molecule has 2 aromatic heterocycles. The summed E-state index contributed by atoms with van der Waals surface area (Å²) >= 11 is 0. The van der Waals surface area contributed by atoms with Gasteiger partial charge in [-0.25, -0.2) is 9.97 Å². The summed E-state index contributed by atoms with van der Waals surface area (Å²) in [6.45, 7) is 5.91. The molecule has 6 heteroatoms. The fourth-order valence-electron chi connectivity index (χ4n) is 3.02. The molecule has 4 rings (SSSR count). The molecule has 2 fully saturated rings. The molecule has 2 aromatic rings. The summed E-state index contributed by atoms with van der Waals surface area (Å²) in [5.41, 5.74) is 2.25. The summed E-state index contributed by atoms with van der Waals surface area (Å²) < 4.78 is 0. The van der Waals surface area contributed by atoms with Crippen molar-refractivity contribution in [2.75, 3.05) is 36.0 Å². The van der Waals surface area contributed by atoms with Crippen molar-refractivity contribution in [3.05, 3.63) is 35.9 Å². The predicted molar refractivity (Wildman–Crippen MR) is 89.8 cm³/mol. The number of nitrogens with zero attached hydrogens (tertiary/aromatic N) is 6. The SMILES string of the molecule is CCc1cc(N2CCN(c3ccc(C4CC4)nn3)CC2)ncn1. The lowest BCUT2D eigenvalue weighted by Gasteiger charge is -2.35. The van der Waals surface area contributed by atoms with Gasteiger partial charge in [0.15, 0.2) is 5.82 Å². The highest BCUT2D eigenvalue weighted by atomic mass is 15.3. The molecule has 1 aliphatic heterocycles. The molecule has 3 heterocycles. The molecule has 2 aliphatic rings. The Morgan fingerprint density at radius 2 is 1.70 bits per heavy atom. The maximum atomic E-state index is 4.42. The zero-order valence-corrected chi connectivity index (χ0v) is 13.5. The molecule has 1 saturated heterocycles. The van der Waals surface area contributed by atoms with Crippen LogP contribution in [-0.2, 0) is 6.42 Å². The minimum absolute atomic E-state index is 0.666. The highest BCUT2D eigenvalue weighted by Gasteiger charge is 2.26. The van der Waals surface area contributed by atoms with Gasteiger partial charge in [0.1, 0.15) is 12.1 Å². The predicted octanol–water partition coefficient (Wildman–Crippen LogP) is 2.03. The van der Waals surface area contributed by atoms with Crippen LogP contribution in [-0.4, -0.2) is 46.3 Å². The van der Waals surface area contributed by atoms with E-state index in [2.05, 4.69) is 55.1 Å². The van der Waals surface area contributed by atoms with E-state index in [0.29, 0.717) is 5.92 Å². The van der Waals surface area contributed by atoms with Crippen LogP contribution in [0.2, 0.25) is 0 Å². The van der Waals surface area contributed by atoms with Crippen molar-refractivity contribution >= 4 is 11.6 Å². The second kappa shape index (κ2) is 6.10. The Hall–Kier alpha value is -2.24. The maximum absolute atomic E-state index is 4.42. The van der Waals surface area contributed by atoms with Gasteiger partial charge in [-0.15, -0.1) is 5.10 Å². The third-order valence-electron chi connectivity index (χ3n) is 4.67. The maximum Gasteiger partial charge on any atom is 0.151 e. The number of piperazine rings is 1. The van der Waals surface area contributed by atoms with E-state index >= 15 is 0 Å². The van der Waals surface area contributed by atoms with E-state index in [4.69, 9.17) is 0 Å². The van der Waals surface area contributed by atoms with E-state index in [1.165, 1.54) is 12.8 Å². The third-order valence-corrected chi connectivity index (χ3v) is 4.67. The molecule has 1 aliphatic carbocycles. The summed E-state index contributed by atoms with van der Waals surface area (Å²) in [5, 5.41) is 8.81. The van der Waals surface area contributed by atoms with Gasteiger partial charge in [-0.2, -0.15) is 5.10 Å². The van der Waals surface area contributed by atoms with Gasteiger partial charge in [0.25, 0.3) is 0 Å². The van der Waals surface area contributed by atoms with Crippen molar-refractivity contribution < 1.29 is 0 Å². The average molecular weight is 310 g/mol. The molecule has 0 aromatic carbocycles. The van der Waals surface area contributed by atoms with Crippen LogP contribution in [0.25, 0.3) is 0 Å². The molecule has 23 heavy (non-hydrogen) atoms. The Labute approximate surface area is 136 Å². The van der Waals surface area contributed by atoms with Crippen molar-refractivity contribution in [2.45, 2.75) is 32.1 Å². The lowest BCUT2D eigenvalue weighted by atomic mass is 10.2. The van der Waals surface area contributed by atoms with Gasteiger partial charge in [-0.05, 0) is 31.4 Å². The van der Waals surface area contributed by atoms with Crippen LogP contribution in [0.4, 0.5) is 11.6 Å². The monoisotopic (exact) mass is 310 g/mol. The summed E-state index contributed by atoms with van der Waals surface area (Å²) in [6.07, 6.45) is 5.15. The lowest BCUT2D eigenvalue weighted by molar-refractivity contribution is 0.635. The molecule has 0 bridgehead atoms. The summed E-state index contributed by atoms with van der Waals surface area (Å²) in [5.74, 6) is 2.69. The number of rotatable bonds is 4. The first-order chi connectivity index (χ1) is 11.3. The Morgan fingerprint density at radius 3 is 2.30 bits per heavy atom. The van der Waals surface area contributed by atoms with E-state index in [1.807, 2.05) is 0 Å². The smallest absolute Gasteiger partial charge is 0.151 e. The first-order valence-electron chi connectivity index (χ1n) is 8.48. The van der Waals surface area contributed by atoms with Crippen LogP contribution in [0, 0.1) is 0 Å². The highest BCUT2D eigenvalue weighted by molar-refractivity contribution is 5.44. The van der Waals surface area contributed by atoms with Gasteiger partial charge in [-0.3, -0.25) is 0 Å². The highest BCUT2D eigenvalue weighted by Crippen LogP contribution is 2.38. The Bertz CT molecular complexity index is 659. The number of hydrogen-bond acceptors (Lipinski definition) is 6. The minimum Gasteiger partial charge on any atom is -0.353 e. The number of hydrogen-bond donors (Lipinski definition) is 0. The molecule has 0 radical (unpaired) electrons. The second-order valence-corrected chi connectivity index (χ2v) is 6.29. The van der Waals surface area contributed by atoms with Crippen LogP contribution >= 0.6 is 0 Å². The molecule has 1 saturated carbocycles. The van der Waals surface area contributed by atoms with Gasteiger partial charge in [-0.1, -0.05) is 6.92 Å². The molecule has 6 nitrogen and oxygen atoms in total. The quantitative estimate of drug-likeness (QED) is 0.861. The van der Waals surface area contributed by atoms with Crippen molar-refractivity contribution in [1.29, 1.82) is 0 Å². The molecule has 0 atom stereocenters. The zero-order valence-electron chi connectivity index (χ0n) is 13.5. The average Bonchev–Trinajstić information content (AvgIpc) is 3.47. The largest absolute Gasteiger partial charge is 0.353 e. The van der Waals surface area contributed by atoms with Gasteiger partial charge < -0.3 is 9.80 Å². The van der Waals surface area contributed by atoms with Crippen LogP contribution in [0.1, 0.15) is 37.1 Å². The van der Waals surface area contributed by atoms with Crippen LogP contribution < -0.4 is 9.80 Å². The first-order valence-corrected chi connectivity index (χ1v) is 8.48. The summed E-state index contributed by atoms with van der Waals surface area (Å²) in [4.78, 5) is 13.3. The van der Waals surface area contributed by atoms with Crippen molar-refractivity contribution in [3.8, 4) is 0 Å². The minimum atomic E-state index is 0.666. The van der Waals surface area contributed by atoms with Crippen LogP contribution in [0.15, 0.2) is 24.5 Å². The van der Waals surface area contributed by atoms with Gasteiger partial charge in [0.05, 0.1) is 5.69 Å². The Morgan fingerprint density at radius 1 is 0.957 bits per heavy atom. The topological polar surface area (TPSA) is 58.0 Å². The molecule has 0 amide bonds. The van der Waals surface area contributed by atoms with Gasteiger partial charge in [0.2, 0.25) is 0 Å². The van der Waals surface area contributed by atoms with E-state index in [-0.39, 0.29) is 0 Å². The third kappa shape index (κ3) is 3.11. The second-order valence-electron chi connectivity index (χ2n) is 6.29. The standard InChI is InChI=1S/C17H22N6/c1-2-14-11-17(19-12-18-14)23-9-7-22(8-10-23)16-6-5-15(20-21-16)13-3-4-13/h5-6,11-13H,2-4,7-10H2,1H3. The van der Waals surface area contributed by atoms with Crippen molar-refractivity contribution in [2.24, 2.45) is 0 Å². The molecule has 120 valence electrons. The molecular formula is C17H22N6. The van der Waals surface area contributed by atoms with Crippen molar-refractivity contribution in [1.82, 2.24) is 20.2 Å². The van der Waals surface area contributed by atoms with E-state index in [0.717, 1.165) is 55.6 Å². The number of aryl methyl sites for hydroxylation is 1. The molecular weight excluding hydrogens is 288 g/mol. The number of aromatic nitrogens is 4. The van der Waals surface area contributed by atoms with E-state index < -0.39 is 0 Å². The molecule has 0 spiro atoms. The number of anilines is 2. The van der Waals surface area contributed by atoms with Crippen LogP contribution in [0.5, 0.6) is 0 Å². The Balaban J connectivity index is 1.39. The van der Waals surface area contributed by atoms with E-state index in [1.54, 1.807) is 6.33 Å². The normalized spacial score (nSPS) is 18.3. The van der Waals surface area contributed by atoms with Crippen molar-refractivity contribution in [3.63, 3.8) is 0 Å². The van der Waals surface area contributed by atoms with E-state index in [9.17, 15) is 0 Å². The summed E-state index contributed by atoms with van der Waals surface area (Å²) in [6, 6.07) is 6.36. The fourth-order valence-corrected chi connectivity index (χ4v) is 3.02. The lowest BCUT2D eigenvalue weighted by Crippen LogP contribution is -2.47.